The lowest BCUT2D eigenvalue weighted by atomic mass is 10.00. The summed E-state index contributed by atoms with van der Waals surface area (Å²) in [5.74, 6) is 0.982. The van der Waals surface area contributed by atoms with Crippen LogP contribution in [0.1, 0.15) is 87.8 Å². The molecule has 8 nitrogen and oxygen atoms in total. The lowest BCUT2D eigenvalue weighted by molar-refractivity contribution is -0.161. The lowest BCUT2D eigenvalue weighted by Crippen LogP contribution is -2.30. The van der Waals surface area contributed by atoms with Crippen LogP contribution in [0, 0.1) is 0 Å². The Kier molecular flexibility index (Phi) is 15.7. The first-order chi connectivity index (χ1) is 26.6. The Morgan fingerprint density at radius 1 is 0.545 bits per heavy atom. The molecule has 0 spiro atoms. The normalized spacial score (nSPS) is 12.9. The molecule has 0 aliphatic heterocycles. The smallest absolute Gasteiger partial charge is 0.335 e. The molecule has 1 aliphatic carbocycles. The van der Waals surface area contributed by atoms with E-state index in [2.05, 4.69) is 36.4 Å². The molecular formula is C47H58O8. The van der Waals surface area contributed by atoms with Crippen LogP contribution >= 0.6 is 0 Å². The number of fused-ring (bicyclic) bond motifs is 3. The minimum absolute atomic E-state index is 0.174. The molecule has 0 saturated carbocycles. The summed E-state index contributed by atoms with van der Waals surface area (Å²) < 4.78 is 34.1. The summed E-state index contributed by atoms with van der Waals surface area (Å²) >= 11 is 0. The van der Waals surface area contributed by atoms with E-state index in [4.69, 9.17) is 28.4 Å². The molecule has 2 atom stereocenters. The maximum atomic E-state index is 12.4. The van der Waals surface area contributed by atoms with E-state index in [1.54, 1.807) is 0 Å². The standard InChI is InChI=1S/C47H58O8/c1-7-50-44(46(48)54-32(3)4)29-36-13-19-40(20-14-36)52-25-9-11-34-17-23-42-38(27-34)31-39-28-35(18-24-43(39)42)12-10-26-53-41-21-15-37(16-22-41)30-45(51-8-2)47(49)55-33(5)6/h13-24,27-28,32-33,44-45H,7-12,25-26,29-31H2,1-6H3/t44-,45-/m0/s1. The van der Waals surface area contributed by atoms with Gasteiger partial charge in [-0.2, -0.15) is 0 Å². The largest absolute Gasteiger partial charge is 0.494 e. The summed E-state index contributed by atoms with van der Waals surface area (Å²) in [5, 5.41) is 0. The number of benzene rings is 4. The Bertz CT molecular complexity index is 1680. The van der Waals surface area contributed by atoms with E-state index in [1.807, 2.05) is 90.1 Å². The molecule has 294 valence electrons. The average molecular weight is 751 g/mol. The van der Waals surface area contributed by atoms with Crippen molar-refractivity contribution in [1.82, 2.24) is 0 Å². The number of esters is 2. The highest BCUT2D eigenvalue weighted by molar-refractivity contribution is 5.77. The highest BCUT2D eigenvalue weighted by atomic mass is 16.6. The summed E-state index contributed by atoms with van der Waals surface area (Å²) in [5.41, 5.74) is 10.1. The molecule has 5 rings (SSSR count). The number of carbonyl (C=O) groups excluding carboxylic acids is 2. The molecule has 0 saturated heterocycles. The van der Waals surface area contributed by atoms with Crippen LogP contribution in [0.3, 0.4) is 0 Å². The molecule has 0 N–H and O–H groups in total. The van der Waals surface area contributed by atoms with Crippen molar-refractivity contribution in [2.45, 2.75) is 111 Å². The molecule has 0 amide bonds. The Balaban J connectivity index is 1.02. The quantitative estimate of drug-likeness (QED) is 0.0512. The Hall–Kier alpha value is -4.66. The van der Waals surface area contributed by atoms with E-state index in [9.17, 15) is 9.59 Å². The zero-order chi connectivity index (χ0) is 39.2. The second-order valence-corrected chi connectivity index (χ2v) is 14.6. The molecule has 0 radical (unpaired) electrons. The Morgan fingerprint density at radius 3 is 1.29 bits per heavy atom. The zero-order valence-electron chi connectivity index (χ0n) is 33.4. The molecule has 0 aromatic heterocycles. The minimum atomic E-state index is -0.610. The first kappa shape index (κ1) is 41.5. The van der Waals surface area contributed by atoms with E-state index < -0.39 is 12.2 Å². The number of hydrogen-bond acceptors (Lipinski definition) is 8. The molecule has 55 heavy (non-hydrogen) atoms. The van der Waals surface area contributed by atoms with Crippen LogP contribution in [-0.4, -0.2) is 62.8 Å². The average Bonchev–Trinajstić information content (AvgIpc) is 3.52. The maximum Gasteiger partial charge on any atom is 0.335 e. The summed E-state index contributed by atoms with van der Waals surface area (Å²) in [6, 6.07) is 29.5. The van der Waals surface area contributed by atoms with Crippen molar-refractivity contribution in [3.8, 4) is 22.6 Å². The number of aryl methyl sites for hydroxylation is 2. The second-order valence-electron chi connectivity index (χ2n) is 14.6. The predicted octanol–water partition coefficient (Wildman–Crippen LogP) is 9.08. The fraction of sp³-hybridized carbons (Fsp3) is 0.447. The van der Waals surface area contributed by atoms with Crippen molar-refractivity contribution in [3.63, 3.8) is 0 Å². The Labute approximate surface area is 327 Å². The molecule has 8 heteroatoms. The zero-order valence-corrected chi connectivity index (χ0v) is 33.4. The lowest BCUT2D eigenvalue weighted by Gasteiger charge is -2.18. The van der Waals surface area contributed by atoms with Crippen LogP contribution in [0.4, 0.5) is 0 Å². The fourth-order valence-corrected chi connectivity index (χ4v) is 6.87. The van der Waals surface area contributed by atoms with Gasteiger partial charge in [0, 0.05) is 26.1 Å². The van der Waals surface area contributed by atoms with Crippen molar-refractivity contribution in [2.24, 2.45) is 0 Å². The topological polar surface area (TPSA) is 89.5 Å². The third-order valence-corrected chi connectivity index (χ3v) is 9.42. The van der Waals surface area contributed by atoms with Gasteiger partial charge in [0.1, 0.15) is 11.5 Å². The van der Waals surface area contributed by atoms with Crippen molar-refractivity contribution in [1.29, 1.82) is 0 Å². The highest BCUT2D eigenvalue weighted by Crippen LogP contribution is 2.38. The monoisotopic (exact) mass is 750 g/mol. The second kappa shape index (κ2) is 20.9. The van der Waals surface area contributed by atoms with E-state index in [0.717, 1.165) is 54.7 Å². The minimum Gasteiger partial charge on any atom is -0.494 e. The van der Waals surface area contributed by atoms with Crippen molar-refractivity contribution < 1.29 is 38.0 Å². The van der Waals surface area contributed by atoms with Gasteiger partial charge in [0.25, 0.3) is 0 Å². The van der Waals surface area contributed by atoms with Crippen LogP contribution in [-0.2, 0) is 60.6 Å². The molecular weight excluding hydrogens is 693 g/mol. The number of rotatable bonds is 22. The van der Waals surface area contributed by atoms with Gasteiger partial charge in [-0.1, -0.05) is 60.7 Å². The van der Waals surface area contributed by atoms with Gasteiger partial charge in [-0.3, -0.25) is 0 Å². The molecule has 1 aliphatic rings. The third-order valence-electron chi connectivity index (χ3n) is 9.42. The SMILES string of the molecule is CCO[C@@H](Cc1ccc(OCCCc2ccc3c(c2)Cc2cc(CCCOc4ccc(C[C@H](OCC)C(=O)OC(C)C)cc4)ccc2-3)cc1)C(=O)OC(C)C. The van der Waals surface area contributed by atoms with Gasteiger partial charge in [0.05, 0.1) is 25.4 Å². The van der Waals surface area contributed by atoms with E-state index in [0.29, 0.717) is 39.3 Å². The summed E-state index contributed by atoms with van der Waals surface area (Å²) in [4.78, 5) is 24.8. The fourth-order valence-electron chi connectivity index (χ4n) is 6.87. The number of hydrogen-bond donors (Lipinski definition) is 0. The van der Waals surface area contributed by atoms with Gasteiger partial charge in [0.15, 0.2) is 12.2 Å². The van der Waals surface area contributed by atoms with Crippen LogP contribution in [0.25, 0.3) is 11.1 Å². The molecule has 4 aromatic rings. The summed E-state index contributed by atoms with van der Waals surface area (Å²) in [7, 11) is 0. The van der Waals surface area contributed by atoms with Gasteiger partial charge in [-0.05, 0) is 142 Å². The highest BCUT2D eigenvalue weighted by Gasteiger charge is 2.23. The van der Waals surface area contributed by atoms with Crippen molar-refractivity contribution in [2.75, 3.05) is 26.4 Å². The summed E-state index contributed by atoms with van der Waals surface area (Å²) in [6.07, 6.45) is 4.05. The van der Waals surface area contributed by atoms with Crippen molar-refractivity contribution in [3.05, 3.63) is 118 Å². The van der Waals surface area contributed by atoms with Crippen molar-refractivity contribution >= 4 is 11.9 Å². The van der Waals surface area contributed by atoms with Crippen LogP contribution in [0.2, 0.25) is 0 Å². The maximum absolute atomic E-state index is 12.4. The third kappa shape index (κ3) is 12.7. The summed E-state index contributed by atoms with van der Waals surface area (Å²) in [6.45, 7) is 13.3. The van der Waals surface area contributed by atoms with Crippen LogP contribution < -0.4 is 9.47 Å². The van der Waals surface area contributed by atoms with E-state index in [1.165, 1.54) is 33.4 Å². The number of ether oxygens (including phenoxy) is 6. The predicted molar refractivity (Wildman–Crippen MR) is 216 cm³/mol. The molecule has 0 heterocycles. The van der Waals surface area contributed by atoms with Gasteiger partial charge in [-0.15, -0.1) is 0 Å². The van der Waals surface area contributed by atoms with Gasteiger partial charge < -0.3 is 28.4 Å². The Morgan fingerprint density at radius 2 is 0.927 bits per heavy atom. The molecule has 0 fully saturated rings. The van der Waals surface area contributed by atoms with Gasteiger partial charge >= 0.3 is 11.9 Å². The van der Waals surface area contributed by atoms with E-state index >= 15 is 0 Å². The van der Waals surface area contributed by atoms with Crippen LogP contribution in [0.5, 0.6) is 11.5 Å². The van der Waals surface area contributed by atoms with E-state index in [-0.39, 0.29) is 24.1 Å². The first-order valence-corrected chi connectivity index (χ1v) is 19.9. The first-order valence-electron chi connectivity index (χ1n) is 19.9. The van der Waals surface area contributed by atoms with Gasteiger partial charge in [-0.25, -0.2) is 9.59 Å². The molecule has 0 bridgehead atoms. The number of carbonyl (C=O) groups is 2. The molecule has 0 unspecified atom stereocenters. The van der Waals surface area contributed by atoms with Crippen LogP contribution in [0.15, 0.2) is 84.9 Å². The molecule has 4 aromatic carbocycles. The van der Waals surface area contributed by atoms with Gasteiger partial charge in [0.2, 0.25) is 0 Å².